The van der Waals surface area contributed by atoms with Crippen LogP contribution in [0, 0.1) is 0 Å². The molecule has 0 saturated heterocycles. The monoisotopic (exact) mass is 246 g/mol. The van der Waals surface area contributed by atoms with Gasteiger partial charge in [0.2, 0.25) is 0 Å². The Hall–Kier alpha value is -2.30. The summed E-state index contributed by atoms with van der Waals surface area (Å²) in [5.41, 5.74) is 1.24. The molecule has 0 fully saturated rings. The number of nitrogens with zero attached hydrogens (tertiary/aromatic N) is 2. The number of aromatic nitrogens is 2. The van der Waals surface area contributed by atoms with Crippen LogP contribution < -0.4 is 4.74 Å². The average Bonchev–Trinajstić information content (AvgIpc) is 2.81. The van der Waals surface area contributed by atoms with Crippen molar-refractivity contribution in [3.05, 3.63) is 47.8 Å². The second-order valence-corrected chi connectivity index (χ2v) is 3.81. The first-order valence-corrected chi connectivity index (χ1v) is 5.66. The summed E-state index contributed by atoms with van der Waals surface area (Å²) in [6, 6.07) is 7.65. The fourth-order valence-electron chi connectivity index (χ4n) is 1.61. The highest BCUT2D eigenvalue weighted by Gasteiger charge is 2.06. The number of carbonyl (C=O) groups is 1. The molecule has 18 heavy (non-hydrogen) atoms. The molecule has 0 spiro atoms. The van der Waals surface area contributed by atoms with Gasteiger partial charge in [0.05, 0.1) is 24.9 Å². The first kappa shape index (κ1) is 12.2. The minimum Gasteiger partial charge on any atom is -0.494 e. The molecule has 0 atom stereocenters. The van der Waals surface area contributed by atoms with E-state index in [1.165, 1.54) is 12.4 Å². The molecule has 0 unspecified atom stereocenters. The van der Waals surface area contributed by atoms with Gasteiger partial charge in [0, 0.05) is 6.20 Å². The van der Waals surface area contributed by atoms with E-state index >= 15 is 0 Å². The van der Waals surface area contributed by atoms with Crippen LogP contribution in [0.4, 0.5) is 0 Å². The quantitative estimate of drug-likeness (QED) is 0.876. The van der Waals surface area contributed by atoms with Crippen LogP contribution in [-0.2, 0) is 6.54 Å². The molecule has 94 valence electrons. The standard InChI is InChI=1S/C13H14N2O3/c1-2-18-12-5-3-10(4-6-12)8-15-9-11(7-14-15)13(16)17/h3-7,9H,2,8H2,1H3,(H,16,17). The van der Waals surface area contributed by atoms with E-state index in [1.807, 2.05) is 31.2 Å². The molecule has 5 nitrogen and oxygen atoms in total. The highest BCUT2D eigenvalue weighted by atomic mass is 16.5. The number of aromatic carboxylic acids is 1. The zero-order valence-electron chi connectivity index (χ0n) is 10.0. The summed E-state index contributed by atoms with van der Waals surface area (Å²) in [6.45, 7) is 3.12. The summed E-state index contributed by atoms with van der Waals surface area (Å²) in [6.07, 6.45) is 2.86. The maximum atomic E-state index is 10.7. The molecule has 2 aromatic rings. The van der Waals surface area contributed by atoms with E-state index in [1.54, 1.807) is 4.68 Å². The minimum absolute atomic E-state index is 0.195. The van der Waals surface area contributed by atoms with Crippen molar-refractivity contribution in [2.75, 3.05) is 6.61 Å². The van der Waals surface area contributed by atoms with Gasteiger partial charge < -0.3 is 9.84 Å². The Morgan fingerprint density at radius 1 is 1.39 bits per heavy atom. The third kappa shape index (κ3) is 2.88. The maximum absolute atomic E-state index is 10.7. The van der Waals surface area contributed by atoms with Gasteiger partial charge in [0.25, 0.3) is 0 Å². The van der Waals surface area contributed by atoms with Crippen LogP contribution in [-0.4, -0.2) is 27.5 Å². The molecule has 1 heterocycles. The Morgan fingerprint density at radius 3 is 2.67 bits per heavy atom. The summed E-state index contributed by atoms with van der Waals surface area (Å²) < 4.78 is 6.94. The van der Waals surface area contributed by atoms with Gasteiger partial charge in [0.1, 0.15) is 5.75 Å². The molecule has 1 N–H and O–H groups in total. The second-order valence-electron chi connectivity index (χ2n) is 3.81. The van der Waals surface area contributed by atoms with E-state index in [9.17, 15) is 4.79 Å². The van der Waals surface area contributed by atoms with Gasteiger partial charge in [-0.3, -0.25) is 4.68 Å². The largest absolute Gasteiger partial charge is 0.494 e. The van der Waals surface area contributed by atoms with E-state index in [0.717, 1.165) is 11.3 Å². The molecule has 2 rings (SSSR count). The third-order valence-electron chi connectivity index (χ3n) is 2.46. The van der Waals surface area contributed by atoms with Crippen LogP contribution in [0.5, 0.6) is 5.75 Å². The number of carboxylic acids is 1. The topological polar surface area (TPSA) is 64.3 Å². The van der Waals surface area contributed by atoms with Crippen LogP contribution in [0.2, 0.25) is 0 Å². The summed E-state index contributed by atoms with van der Waals surface area (Å²) in [7, 11) is 0. The van der Waals surface area contributed by atoms with Gasteiger partial charge in [-0.15, -0.1) is 0 Å². The number of carboxylic acid groups (broad SMARTS) is 1. The Labute approximate surface area is 105 Å². The summed E-state index contributed by atoms with van der Waals surface area (Å²) >= 11 is 0. The van der Waals surface area contributed by atoms with Crippen molar-refractivity contribution < 1.29 is 14.6 Å². The smallest absolute Gasteiger partial charge is 0.338 e. The predicted octanol–water partition coefficient (Wildman–Crippen LogP) is 2.03. The summed E-state index contributed by atoms with van der Waals surface area (Å²) in [5.74, 6) is -0.138. The highest BCUT2D eigenvalue weighted by molar-refractivity contribution is 5.86. The van der Waals surface area contributed by atoms with Crippen molar-refractivity contribution in [1.82, 2.24) is 9.78 Å². The molecule has 0 radical (unpaired) electrons. The fourth-order valence-corrected chi connectivity index (χ4v) is 1.61. The zero-order chi connectivity index (χ0) is 13.0. The number of ether oxygens (including phenoxy) is 1. The first-order chi connectivity index (χ1) is 8.69. The van der Waals surface area contributed by atoms with E-state index < -0.39 is 5.97 Å². The average molecular weight is 246 g/mol. The molecule has 1 aromatic carbocycles. The number of hydrogen-bond acceptors (Lipinski definition) is 3. The maximum Gasteiger partial charge on any atom is 0.338 e. The molecule has 0 amide bonds. The molecular weight excluding hydrogens is 232 g/mol. The van der Waals surface area contributed by atoms with Gasteiger partial charge in [0.15, 0.2) is 0 Å². The first-order valence-electron chi connectivity index (χ1n) is 5.66. The predicted molar refractivity (Wildman–Crippen MR) is 65.9 cm³/mol. The van der Waals surface area contributed by atoms with Gasteiger partial charge in [-0.1, -0.05) is 12.1 Å². The normalized spacial score (nSPS) is 10.3. The van der Waals surface area contributed by atoms with E-state index in [2.05, 4.69) is 5.10 Å². The number of hydrogen-bond donors (Lipinski definition) is 1. The molecular formula is C13H14N2O3. The van der Waals surface area contributed by atoms with E-state index in [4.69, 9.17) is 9.84 Å². The fraction of sp³-hybridized carbons (Fsp3) is 0.231. The van der Waals surface area contributed by atoms with Crippen molar-refractivity contribution in [3.63, 3.8) is 0 Å². The highest BCUT2D eigenvalue weighted by Crippen LogP contribution is 2.13. The number of rotatable bonds is 5. The van der Waals surface area contributed by atoms with Crippen LogP contribution in [0.15, 0.2) is 36.7 Å². The summed E-state index contributed by atoms with van der Waals surface area (Å²) in [4.78, 5) is 10.7. The van der Waals surface area contributed by atoms with Gasteiger partial charge in [-0.2, -0.15) is 5.10 Å². The van der Waals surface area contributed by atoms with Crippen molar-refractivity contribution in [2.24, 2.45) is 0 Å². The lowest BCUT2D eigenvalue weighted by Gasteiger charge is -2.05. The molecule has 0 bridgehead atoms. The van der Waals surface area contributed by atoms with E-state index in [0.29, 0.717) is 13.2 Å². The molecule has 0 aliphatic carbocycles. The minimum atomic E-state index is -0.965. The molecule has 1 aromatic heterocycles. The second kappa shape index (κ2) is 5.35. The SMILES string of the molecule is CCOc1ccc(Cn2cc(C(=O)O)cn2)cc1. The van der Waals surface area contributed by atoms with Crippen molar-refractivity contribution >= 4 is 5.97 Å². The Kier molecular flexibility index (Phi) is 3.62. The van der Waals surface area contributed by atoms with Gasteiger partial charge in [-0.05, 0) is 24.6 Å². The lowest BCUT2D eigenvalue weighted by molar-refractivity contribution is 0.0697. The van der Waals surface area contributed by atoms with Crippen LogP contribution in [0.25, 0.3) is 0 Å². The Balaban J connectivity index is 2.06. The third-order valence-corrected chi connectivity index (χ3v) is 2.46. The van der Waals surface area contributed by atoms with Crippen molar-refractivity contribution in [3.8, 4) is 5.75 Å². The molecule has 5 heteroatoms. The van der Waals surface area contributed by atoms with Crippen LogP contribution in [0.1, 0.15) is 22.8 Å². The number of benzene rings is 1. The lowest BCUT2D eigenvalue weighted by Crippen LogP contribution is -2.00. The van der Waals surface area contributed by atoms with Crippen LogP contribution in [0.3, 0.4) is 0 Å². The Bertz CT molecular complexity index is 531. The van der Waals surface area contributed by atoms with Gasteiger partial charge in [-0.25, -0.2) is 4.79 Å². The van der Waals surface area contributed by atoms with Crippen molar-refractivity contribution in [1.29, 1.82) is 0 Å². The lowest BCUT2D eigenvalue weighted by atomic mass is 10.2. The molecule has 0 aliphatic heterocycles. The van der Waals surface area contributed by atoms with Crippen LogP contribution >= 0.6 is 0 Å². The van der Waals surface area contributed by atoms with Crippen molar-refractivity contribution in [2.45, 2.75) is 13.5 Å². The molecule has 0 saturated carbocycles. The van der Waals surface area contributed by atoms with E-state index in [-0.39, 0.29) is 5.56 Å². The zero-order valence-corrected chi connectivity index (χ0v) is 10.0. The Morgan fingerprint density at radius 2 is 2.11 bits per heavy atom. The molecule has 0 aliphatic rings. The summed E-state index contributed by atoms with van der Waals surface area (Å²) in [5, 5.41) is 12.8. The van der Waals surface area contributed by atoms with Gasteiger partial charge >= 0.3 is 5.97 Å².